The molecular formula is C15H23N3O3. The molecule has 6 nitrogen and oxygen atoms in total. The first-order valence-corrected chi connectivity index (χ1v) is 7.24. The van der Waals surface area contributed by atoms with Crippen molar-refractivity contribution in [1.29, 1.82) is 0 Å². The molecule has 1 aromatic carbocycles. The maximum atomic E-state index is 8.76. The summed E-state index contributed by atoms with van der Waals surface area (Å²) in [6.45, 7) is 3.31. The van der Waals surface area contributed by atoms with E-state index in [2.05, 4.69) is 10.1 Å². The highest BCUT2D eigenvalue weighted by Gasteiger charge is 2.19. The van der Waals surface area contributed by atoms with Crippen LogP contribution in [0.1, 0.15) is 24.0 Å². The van der Waals surface area contributed by atoms with Crippen LogP contribution in [-0.4, -0.2) is 53.5 Å². The average molecular weight is 293 g/mol. The van der Waals surface area contributed by atoms with E-state index in [1.807, 2.05) is 24.3 Å². The number of aliphatic hydroxyl groups excluding tert-OH is 1. The lowest BCUT2D eigenvalue weighted by Gasteiger charge is -2.31. The minimum Gasteiger partial charge on any atom is -0.409 e. The van der Waals surface area contributed by atoms with Gasteiger partial charge in [-0.25, -0.2) is 0 Å². The molecule has 2 rings (SSSR count). The summed E-state index contributed by atoms with van der Waals surface area (Å²) in [7, 11) is 0. The highest BCUT2D eigenvalue weighted by atomic mass is 16.5. The molecule has 21 heavy (non-hydrogen) atoms. The number of ether oxygens (including phenoxy) is 1. The maximum absolute atomic E-state index is 8.76. The molecule has 0 amide bonds. The molecule has 1 aromatic rings. The second-order valence-corrected chi connectivity index (χ2v) is 5.26. The van der Waals surface area contributed by atoms with Crippen molar-refractivity contribution in [2.45, 2.75) is 25.5 Å². The van der Waals surface area contributed by atoms with E-state index in [0.717, 1.165) is 43.6 Å². The van der Waals surface area contributed by atoms with E-state index in [1.165, 1.54) is 0 Å². The number of oxime groups is 1. The molecule has 116 valence electrons. The summed E-state index contributed by atoms with van der Waals surface area (Å²) in [4.78, 5) is 2.37. The number of piperidine rings is 1. The highest BCUT2D eigenvalue weighted by molar-refractivity contribution is 5.97. The molecule has 0 aromatic heterocycles. The van der Waals surface area contributed by atoms with Gasteiger partial charge < -0.3 is 20.8 Å². The molecule has 0 spiro atoms. The summed E-state index contributed by atoms with van der Waals surface area (Å²) in [6, 6.07) is 7.74. The molecule has 1 fully saturated rings. The predicted molar refractivity (Wildman–Crippen MR) is 80.3 cm³/mol. The van der Waals surface area contributed by atoms with E-state index in [4.69, 9.17) is 20.8 Å². The number of benzene rings is 1. The van der Waals surface area contributed by atoms with E-state index in [-0.39, 0.29) is 18.5 Å². The molecule has 0 unspecified atom stereocenters. The molecular weight excluding hydrogens is 270 g/mol. The fourth-order valence-electron chi connectivity index (χ4n) is 2.60. The third-order valence-corrected chi connectivity index (χ3v) is 3.72. The second-order valence-electron chi connectivity index (χ2n) is 5.26. The average Bonchev–Trinajstić information content (AvgIpc) is 2.53. The van der Waals surface area contributed by atoms with Crippen LogP contribution in [0.15, 0.2) is 29.4 Å². The summed E-state index contributed by atoms with van der Waals surface area (Å²) in [5, 5.41) is 20.5. The number of aliphatic hydroxyl groups is 1. The first kappa shape index (κ1) is 15.8. The number of nitrogens with zero attached hydrogens (tertiary/aromatic N) is 2. The zero-order valence-electron chi connectivity index (χ0n) is 12.1. The Hall–Kier alpha value is -1.63. The van der Waals surface area contributed by atoms with E-state index >= 15 is 0 Å². The number of hydrogen-bond acceptors (Lipinski definition) is 5. The van der Waals surface area contributed by atoms with Crippen molar-refractivity contribution in [3.63, 3.8) is 0 Å². The lowest BCUT2D eigenvalue weighted by molar-refractivity contribution is -0.00901. The van der Waals surface area contributed by atoms with Crippen molar-refractivity contribution in [3.8, 4) is 0 Å². The van der Waals surface area contributed by atoms with Crippen molar-refractivity contribution >= 4 is 5.84 Å². The molecule has 1 aliphatic rings. The van der Waals surface area contributed by atoms with Crippen LogP contribution in [-0.2, 0) is 11.3 Å². The molecule has 0 atom stereocenters. The van der Waals surface area contributed by atoms with Crippen molar-refractivity contribution in [2.75, 3.05) is 26.3 Å². The van der Waals surface area contributed by atoms with Crippen LogP contribution in [0.5, 0.6) is 0 Å². The molecule has 4 N–H and O–H groups in total. The summed E-state index contributed by atoms with van der Waals surface area (Å²) < 4.78 is 5.56. The van der Waals surface area contributed by atoms with Crippen molar-refractivity contribution < 1.29 is 15.1 Å². The highest BCUT2D eigenvalue weighted by Crippen LogP contribution is 2.16. The van der Waals surface area contributed by atoms with Gasteiger partial charge in [-0.3, -0.25) is 4.90 Å². The van der Waals surface area contributed by atoms with Crippen molar-refractivity contribution in [1.82, 2.24) is 4.90 Å². The Balaban J connectivity index is 1.86. The summed E-state index contributed by atoms with van der Waals surface area (Å²) in [5.74, 6) is 0.132. The monoisotopic (exact) mass is 293 g/mol. The van der Waals surface area contributed by atoms with E-state index in [9.17, 15) is 0 Å². The van der Waals surface area contributed by atoms with Gasteiger partial charge in [0.05, 0.1) is 19.3 Å². The third-order valence-electron chi connectivity index (χ3n) is 3.72. The number of nitrogens with two attached hydrogens (primary N) is 1. The fourth-order valence-corrected chi connectivity index (χ4v) is 2.60. The molecule has 0 bridgehead atoms. The normalized spacial score (nSPS) is 18.0. The molecule has 0 saturated carbocycles. The molecule has 0 aliphatic carbocycles. The van der Waals surface area contributed by atoms with Gasteiger partial charge in [0.2, 0.25) is 0 Å². The lowest BCUT2D eigenvalue weighted by atomic mass is 10.1. The number of hydrogen-bond donors (Lipinski definition) is 3. The van der Waals surface area contributed by atoms with E-state index in [1.54, 1.807) is 0 Å². The second kappa shape index (κ2) is 7.97. The molecule has 0 radical (unpaired) electrons. The summed E-state index contributed by atoms with van der Waals surface area (Å²) in [5.41, 5.74) is 7.49. The number of amidine groups is 1. The van der Waals surface area contributed by atoms with Crippen molar-refractivity contribution in [3.05, 3.63) is 35.4 Å². The summed E-state index contributed by atoms with van der Waals surface area (Å²) >= 11 is 0. The van der Waals surface area contributed by atoms with Gasteiger partial charge in [-0.1, -0.05) is 23.4 Å². The molecule has 1 heterocycles. The number of likely N-dealkylation sites (tertiary alicyclic amines) is 1. The Kier molecular flexibility index (Phi) is 5.98. The van der Waals surface area contributed by atoms with E-state index in [0.29, 0.717) is 6.61 Å². The van der Waals surface area contributed by atoms with Crippen LogP contribution in [0.3, 0.4) is 0 Å². The Morgan fingerprint density at radius 2 is 2.14 bits per heavy atom. The Labute approximate surface area is 124 Å². The molecule has 1 saturated heterocycles. The summed E-state index contributed by atoms with van der Waals surface area (Å²) in [6.07, 6.45) is 2.23. The quantitative estimate of drug-likeness (QED) is 0.312. The van der Waals surface area contributed by atoms with Crippen molar-refractivity contribution in [2.24, 2.45) is 10.9 Å². The lowest BCUT2D eigenvalue weighted by Crippen LogP contribution is -2.36. The zero-order valence-corrected chi connectivity index (χ0v) is 12.1. The van der Waals surface area contributed by atoms with Gasteiger partial charge in [0.25, 0.3) is 0 Å². The van der Waals surface area contributed by atoms with Crippen LogP contribution >= 0.6 is 0 Å². The topological polar surface area (TPSA) is 91.3 Å². The largest absolute Gasteiger partial charge is 0.409 e. The minimum absolute atomic E-state index is 0.0842. The van der Waals surface area contributed by atoms with Crippen LogP contribution in [0.2, 0.25) is 0 Å². The van der Waals surface area contributed by atoms with E-state index < -0.39 is 0 Å². The standard InChI is InChI=1S/C15H23N3O3/c16-15(17-20)13-3-1-2-12(10-13)11-18-6-4-14(5-7-18)21-9-8-19/h1-3,10,14,19-20H,4-9,11H2,(H2,16,17). The zero-order chi connectivity index (χ0) is 15.1. The van der Waals surface area contributed by atoms with Gasteiger partial charge in [-0.15, -0.1) is 0 Å². The molecule has 1 aliphatic heterocycles. The van der Waals surface area contributed by atoms with Gasteiger partial charge in [0.1, 0.15) is 0 Å². The first-order chi connectivity index (χ1) is 10.2. The van der Waals surface area contributed by atoms with Crippen LogP contribution < -0.4 is 5.73 Å². The van der Waals surface area contributed by atoms with Crippen LogP contribution in [0, 0.1) is 0 Å². The van der Waals surface area contributed by atoms with Gasteiger partial charge in [0.15, 0.2) is 5.84 Å². The minimum atomic E-state index is 0.0842. The predicted octanol–water partition coefficient (Wildman–Crippen LogP) is 0.754. The Morgan fingerprint density at radius 3 is 2.81 bits per heavy atom. The van der Waals surface area contributed by atoms with Crippen LogP contribution in [0.25, 0.3) is 0 Å². The SMILES string of the molecule is N/C(=N/O)c1cccc(CN2CCC(OCCO)CC2)c1. The number of rotatable bonds is 6. The van der Waals surface area contributed by atoms with Gasteiger partial charge >= 0.3 is 0 Å². The molecule has 6 heteroatoms. The Morgan fingerprint density at radius 1 is 1.38 bits per heavy atom. The smallest absolute Gasteiger partial charge is 0.170 e. The van der Waals surface area contributed by atoms with Gasteiger partial charge in [-0.05, 0) is 24.5 Å². The fraction of sp³-hybridized carbons (Fsp3) is 0.533. The van der Waals surface area contributed by atoms with Gasteiger partial charge in [0, 0.05) is 25.2 Å². The Bertz CT molecular complexity index is 471. The van der Waals surface area contributed by atoms with Gasteiger partial charge in [-0.2, -0.15) is 0 Å². The first-order valence-electron chi connectivity index (χ1n) is 7.24. The maximum Gasteiger partial charge on any atom is 0.170 e. The van der Waals surface area contributed by atoms with Crippen LogP contribution in [0.4, 0.5) is 0 Å². The third kappa shape index (κ3) is 4.70.